The minimum Gasteiger partial charge on any atom is -0.336 e. The molecule has 1 unspecified atom stereocenters. The molecule has 98 valence electrons. The number of carbonyl (C=O) groups excluding carboxylic acids is 1. The van der Waals surface area contributed by atoms with Gasteiger partial charge in [0.2, 0.25) is 0 Å². The van der Waals surface area contributed by atoms with Gasteiger partial charge in [-0.15, -0.1) is 5.10 Å². The number of carbonyl (C=O) groups is 1. The third-order valence-corrected chi connectivity index (χ3v) is 3.65. The van der Waals surface area contributed by atoms with E-state index in [-0.39, 0.29) is 11.9 Å². The lowest BCUT2D eigenvalue weighted by atomic mass is 10.2. The van der Waals surface area contributed by atoms with E-state index in [2.05, 4.69) is 31.2 Å². The van der Waals surface area contributed by atoms with Crippen LogP contribution in [0, 0.1) is 0 Å². The Labute approximate surface area is 118 Å². The van der Waals surface area contributed by atoms with Crippen LogP contribution in [0.1, 0.15) is 22.8 Å². The Morgan fingerprint density at radius 2 is 2.32 bits per heavy atom. The Balaban J connectivity index is 1.73. The summed E-state index contributed by atoms with van der Waals surface area (Å²) < 4.78 is 2.62. The van der Waals surface area contributed by atoms with Gasteiger partial charge in [0.25, 0.3) is 5.91 Å². The summed E-state index contributed by atoms with van der Waals surface area (Å²) in [6.45, 7) is 1.39. The molecule has 7 heteroatoms. The van der Waals surface area contributed by atoms with Crippen LogP contribution in [0.5, 0.6) is 0 Å². The fraction of sp³-hybridized carbons (Fsp3) is 0.333. The predicted octanol–water partition coefficient (Wildman–Crippen LogP) is 1.52. The number of nitrogens with zero attached hydrogens (tertiary/aromatic N) is 5. The molecule has 3 rings (SSSR count). The van der Waals surface area contributed by atoms with Crippen LogP contribution in [-0.2, 0) is 0 Å². The highest BCUT2D eigenvalue weighted by atomic mass is 79.9. The summed E-state index contributed by atoms with van der Waals surface area (Å²) in [6, 6.07) is 2.00. The molecular weight excluding hydrogens is 310 g/mol. The van der Waals surface area contributed by atoms with E-state index in [4.69, 9.17) is 0 Å². The number of hydrogen-bond donors (Lipinski definition) is 0. The standard InChI is InChI=1S/C12H12BrN5O/c13-10-5-9(6-14-7-10)12(19)17-3-1-11(8-17)18-4-2-15-16-18/h2,4-7,11H,1,3,8H2. The van der Waals surface area contributed by atoms with Gasteiger partial charge in [-0.25, -0.2) is 4.68 Å². The summed E-state index contributed by atoms with van der Waals surface area (Å²) in [5.74, 6) is 0.0106. The monoisotopic (exact) mass is 321 g/mol. The molecule has 19 heavy (non-hydrogen) atoms. The molecule has 1 atom stereocenters. The lowest BCUT2D eigenvalue weighted by Crippen LogP contribution is -2.29. The molecule has 0 radical (unpaired) electrons. The second-order valence-electron chi connectivity index (χ2n) is 4.47. The molecular formula is C12H12BrN5O. The molecule has 0 spiro atoms. The number of rotatable bonds is 2. The van der Waals surface area contributed by atoms with Crippen LogP contribution in [0.3, 0.4) is 0 Å². The van der Waals surface area contributed by atoms with Crippen molar-refractivity contribution >= 4 is 21.8 Å². The number of hydrogen-bond acceptors (Lipinski definition) is 4. The number of amides is 1. The largest absolute Gasteiger partial charge is 0.336 e. The molecule has 6 nitrogen and oxygen atoms in total. The normalized spacial score (nSPS) is 18.8. The van der Waals surface area contributed by atoms with Crippen molar-refractivity contribution in [1.82, 2.24) is 24.9 Å². The van der Waals surface area contributed by atoms with Crippen LogP contribution in [0.25, 0.3) is 0 Å². The summed E-state index contributed by atoms with van der Waals surface area (Å²) in [4.78, 5) is 18.2. The maximum atomic E-state index is 12.3. The SMILES string of the molecule is O=C(c1cncc(Br)c1)N1CCC(n2ccnn2)C1. The highest BCUT2D eigenvalue weighted by molar-refractivity contribution is 9.10. The number of aromatic nitrogens is 4. The first-order valence-electron chi connectivity index (χ1n) is 5.99. The second-order valence-corrected chi connectivity index (χ2v) is 5.38. The van der Waals surface area contributed by atoms with Gasteiger partial charge in [0.1, 0.15) is 0 Å². The molecule has 0 aromatic carbocycles. The van der Waals surface area contributed by atoms with Crippen LogP contribution in [0.15, 0.2) is 35.3 Å². The molecule has 3 heterocycles. The summed E-state index contributed by atoms with van der Waals surface area (Å²) in [5, 5.41) is 7.79. The van der Waals surface area contributed by atoms with E-state index in [1.54, 1.807) is 24.7 Å². The van der Waals surface area contributed by atoms with Crippen LogP contribution < -0.4 is 0 Å². The van der Waals surface area contributed by atoms with Gasteiger partial charge in [0, 0.05) is 36.2 Å². The van der Waals surface area contributed by atoms with E-state index in [0.29, 0.717) is 12.1 Å². The Bertz CT molecular complexity index is 586. The smallest absolute Gasteiger partial charge is 0.255 e. The minimum absolute atomic E-state index is 0.0106. The van der Waals surface area contributed by atoms with Gasteiger partial charge in [0.15, 0.2) is 0 Å². The van der Waals surface area contributed by atoms with Gasteiger partial charge in [-0.2, -0.15) is 0 Å². The first-order chi connectivity index (χ1) is 9.24. The fourth-order valence-corrected chi connectivity index (χ4v) is 2.63. The first kappa shape index (κ1) is 12.3. The van der Waals surface area contributed by atoms with Crippen LogP contribution in [-0.4, -0.2) is 43.9 Å². The number of likely N-dealkylation sites (tertiary alicyclic amines) is 1. The average molecular weight is 322 g/mol. The minimum atomic E-state index is 0.0106. The van der Waals surface area contributed by atoms with Crippen molar-refractivity contribution in [3.05, 3.63) is 40.9 Å². The Morgan fingerprint density at radius 1 is 1.42 bits per heavy atom. The van der Waals surface area contributed by atoms with Crippen molar-refractivity contribution in [2.75, 3.05) is 13.1 Å². The lowest BCUT2D eigenvalue weighted by molar-refractivity contribution is 0.0786. The molecule has 2 aromatic heterocycles. The van der Waals surface area contributed by atoms with E-state index < -0.39 is 0 Å². The van der Waals surface area contributed by atoms with Crippen molar-refractivity contribution in [2.24, 2.45) is 0 Å². The first-order valence-corrected chi connectivity index (χ1v) is 6.79. The van der Waals surface area contributed by atoms with Gasteiger partial charge in [0.05, 0.1) is 17.8 Å². The topological polar surface area (TPSA) is 63.9 Å². The van der Waals surface area contributed by atoms with Gasteiger partial charge in [-0.05, 0) is 28.4 Å². The van der Waals surface area contributed by atoms with Crippen LogP contribution >= 0.6 is 15.9 Å². The summed E-state index contributed by atoms with van der Waals surface area (Å²) in [7, 11) is 0. The molecule has 0 saturated carbocycles. The van der Waals surface area contributed by atoms with Crippen molar-refractivity contribution in [1.29, 1.82) is 0 Å². The summed E-state index contributed by atoms with van der Waals surface area (Å²) in [6.07, 6.45) is 7.65. The molecule has 0 aliphatic carbocycles. The van der Waals surface area contributed by atoms with Gasteiger partial charge >= 0.3 is 0 Å². The van der Waals surface area contributed by atoms with Gasteiger partial charge < -0.3 is 4.90 Å². The molecule has 1 amide bonds. The van der Waals surface area contributed by atoms with Crippen molar-refractivity contribution < 1.29 is 4.79 Å². The number of halogens is 1. The number of pyridine rings is 1. The molecule has 1 saturated heterocycles. The predicted molar refractivity (Wildman–Crippen MR) is 71.5 cm³/mol. The van der Waals surface area contributed by atoms with Crippen molar-refractivity contribution in [3.8, 4) is 0 Å². The van der Waals surface area contributed by atoms with Crippen molar-refractivity contribution in [2.45, 2.75) is 12.5 Å². The maximum absolute atomic E-state index is 12.3. The molecule has 1 fully saturated rings. The average Bonchev–Trinajstić information content (AvgIpc) is 3.08. The van der Waals surface area contributed by atoms with E-state index >= 15 is 0 Å². The highest BCUT2D eigenvalue weighted by Crippen LogP contribution is 2.22. The van der Waals surface area contributed by atoms with E-state index in [0.717, 1.165) is 17.4 Å². The third kappa shape index (κ3) is 2.51. The van der Waals surface area contributed by atoms with Crippen molar-refractivity contribution in [3.63, 3.8) is 0 Å². The Morgan fingerprint density at radius 3 is 3.05 bits per heavy atom. The quantitative estimate of drug-likeness (QED) is 0.841. The van der Waals surface area contributed by atoms with Gasteiger partial charge in [-0.3, -0.25) is 9.78 Å². The molecule has 1 aliphatic rings. The Hall–Kier alpha value is -1.76. The molecule has 1 aliphatic heterocycles. The zero-order valence-electron chi connectivity index (χ0n) is 10.1. The van der Waals surface area contributed by atoms with Gasteiger partial charge in [-0.1, -0.05) is 5.21 Å². The van der Waals surface area contributed by atoms with E-state index in [9.17, 15) is 4.79 Å². The van der Waals surface area contributed by atoms with E-state index in [1.807, 2.05) is 15.8 Å². The Kier molecular flexibility index (Phi) is 3.29. The zero-order valence-corrected chi connectivity index (χ0v) is 11.7. The fourth-order valence-electron chi connectivity index (χ4n) is 2.27. The molecule has 2 aromatic rings. The van der Waals surface area contributed by atoms with Crippen LogP contribution in [0.4, 0.5) is 0 Å². The highest BCUT2D eigenvalue weighted by Gasteiger charge is 2.28. The second kappa shape index (κ2) is 5.08. The maximum Gasteiger partial charge on any atom is 0.255 e. The third-order valence-electron chi connectivity index (χ3n) is 3.22. The summed E-state index contributed by atoms with van der Waals surface area (Å²) in [5.41, 5.74) is 0.605. The molecule has 0 N–H and O–H groups in total. The zero-order chi connectivity index (χ0) is 13.2. The van der Waals surface area contributed by atoms with E-state index in [1.165, 1.54) is 0 Å². The summed E-state index contributed by atoms with van der Waals surface area (Å²) >= 11 is 3.33. The van der Waals surface area contributed by atoms with Crippen LogP contribution in [0.2, 0.25) is 0 Å². The lowest BCUT2D eigenvalue weighted by Gasteiger charge is -2.16. The molecule has 0 bridgehead atoms.